The number of rotatable bonds is 5. The van der Waals surface area contributed by atoms with Gasteiger partial charge in [-0.1, -0.05) is 0 Å². The SMILES string of the molecule is O=Cc1ccc(OS(=O)(=O)C(F)(F)F)cc1OS(=O)(=O)C(F)(F)F. The summed E-state index contributed by atoms with van der Waals surface area (Å²) in [5.41, 5.74) is -12.6. The Morgan fingerprint density at radius 1 is 0.833 bits per heavy atom. The highest BCUT2D eigenvalue weighted by atomic mass is 32.2. The zero-order valence-electron chi connectivity index (χ0n) is 10.8. The zero-order valence-corrected chi connectivity index (χ0v) is 12.4. The molecule has 1 rings (SSSR count). The molecule has 0 radical (unpaired) electrons. The summed E-state index contributed by atoms with van der Waals surface area (Å²) in [4.78, 5) is 10.6. The van der Waals surface area contributed by atoms with E-state index in [1.807, 2.05) is 0 Å². The van der Waals surface area contributed by atoms with Crippen LogP contribution in [0.1, 0.15) is 10.4 Å². The molecule has 0 aromatic heterocycles. The van der Waals surface area contributed by atoms with Gasteiger partial charge in [-0.2, -0.15) is 43.2 Å². The van der Waals surface area contributed by atoms with Crippen molar-refractivity contribution in [3.63, 3.8) is 0 Å². The standard InChI is InChI=1S/C9H4F6O7S2/c10-8(11,12)23(17,18)21-6-2-1-5(4-16)7(3-6)22-24(19,20)9(13,14)15/h1-4H. The normalized spacial score (nSPS) is 13.4. The average molecular weight is 402 g/mol. The summed E-state index contributed by atoms with van der Waals surface area (Å²) in [6.07, 6.45) is -0.177. The molecule has 0 aliphatic carbocycles. The molecule has 0 saturated carbocycles. The second kappa shape index (κ2) is 6.12. The molecule has 15 heteroatoms. The van der Waals surface area contributed by atoms with Crippen LogP contribution in [0.2, 0.25) is 0 Å². The van der Waals surface area contributed by atoms with E-state index in [0.717, 1.165) is 0 Å². The van der Waals surface area contributed by atoms with Crippen molar-refractivity contribution in [3.8, 4) is 11.5 Å². The topological polar surface area (TPSA) is 104 Å². The largest absolute Gasteiger partial charge is 0.534 e. The predicted octanol–water partition coefficient (Wildman–Crippen LogP) is 1.96. The van der Waals surface area contributed by atoms with Crippen LogP contribution in [0.4, 0.5) is 26.3 Å². The third kappa shape index (κ3) is 4.28. The van der Waals surface area contributed by atoms with Crippen molar-refractivity contribution in [1.29, 1.82) is 0 Å². The van der Waals surface area contributed by atoms with E-state index in [9.17, 15) is 48.0 Å². The van der Waals surface area contributed by atoms with Crippen molar-refractivity contribution in [2.45, 2.75) is 11.0 Å². The molecule has 0 aliphatic heterocycles. The Morgan fingerprint density at radius 2 is 1.29 bits per heavy atom. The van der Waals surface area contributed by atoms with Crippen molar-refractivity contribution >= 4 is 26.5 Å². The molecule has 0 spiro atoms. The van der Waals surface area contributed by atoms with Crippen molar-refractivity contribution in [2.75, 3.05) is 0 Å². The third-order valence-electron chi connectivity index (χ3n) is 2.08. The lowest BCUT2D eigenvalue weighted by Crippen LogP contribution is -2.29. The van der Waals surface area contributed by atoms with E-state index in [2.05, 4.69) is 8.37 Å². The highest BCUT2D eigenvalue weighted by Gasteiger charge is 2.50. The molecule has 24 heavy (non-hydrogen) atoms. The van der Waals surface area contributed by atoms with Gasteiger partial charge in [0.15, 0.2) is 12.0 Å². The van der Waals surface area contributed by atoms with Crippen LogP contribution < -0.4 is 8.37 Å². The van der Waals surface area contributed by atoms with E-state index < -0.39 is 48.3 Å². The second-order valence-electron chi connectivity index (χ2n) is 3.78. The maximum atomic E-state index is 12.2. The minimum atomic E-state index is -6.26. The van der Waals surface area contributed by atoms with Gasteiger partial charge < -0.3 is 8.37 Å². The fraction of sp³-hybridized carbons (Fsp3) is 0.222. The molecule has 0 saturated heterocycles. The number of aldehydes is 1. The van der Waals surface area contributed by atoms with Gasteiger partial charge >= 0.3 is 31.3 Å². The van der Waals surface area contributed by atoms with E-state index in [1.165, 1.54) is 0 Å². The maximum Gasteiger partial charge on any atom is 0.534 e. The Hall–Kier alpha value is -2.03. The van der Waals surface area contributed by atoms with Gasteiger partial charge in [-0.3, -0.25) is 4.79 Å². The molecule has 136 valence electrons. The lowest BCUT2D eigenvalue weighted by molar-refractivity contribution is -0.0502. The summed E-state index contributed by atoms with van der Waals surface area (Å²) in [5.74, 6) is -2.61. The van der Waals surface area contributed by atoms with Crippen molar-refractivity contribution < 1.29 is 56.3 Å². The van der Waals surface area contributed by atoms with Gasteiger partial charge in [0.25, 0.3) is 0 Å². The van der Waals surface area contributed by atoms with Crippen LogP contribution in [0.25, 0.3) is 0 Å². The van der Waals surface area contributed by atoms with E-state index in [-0.39, 0.29) is 12.4 Å². The molecule has 1 aromatic rings. The van der Waals surface area contributed by atoms with E-state index in [1.54, 1.807) is 0 Å². The van der Waals surface area contributed by atoms with Gasteiger partial charge in [0.05, 0.1) is 5.56 Å². The minimum Gasteiger partial charge on any atom is -0.376 e. The number of carbonyl (C=O) groups excluding carboxylic acids is 1. The fourth-order valence-corrected chi connectivity index (χ4v) is 2.00. The lowest BCUT2D eigenvalue weighted by Gasteiger charge is -2.13. The van der Waals surface area contributed by atoms with Gasteiger partial charge in [-0.25, -0.2) is 0 Å². The van der Waals surface area contributed by atoms with Crippen LogP contribution in [0.5, 0.6) is 11.5 Å². The quantitative estimate of drug-likeness (QED) is 0.321. The Balaban J connectivity index is 3.31. The van der Waals surface area contributed by atoms with Gasteiger partial charge in [0.2, 0.25) is 0 Å². The summed E-state index contributed by atoms with van der Waals surface area (Å²) in [6, 6.07) is 1.03. The van der Waals surface area contributed by atoms with E-state index >= 15 is 0 Å². The molecule has 1 aromatic carbocycles. The summed E-state index contributed by atoms with van der Waals surface area (Å²) >= 11 is 0. The molecular weight excluding hydrogens is 398 g/mol. The van der Waals surface area contributed by atoms with Crippen molar-refractivity contribution in [1.82, 2.24) is 0 Å². The molecule has 0 unspecified atom stereocenters. The van der Waals surface area contributed by atoms with Crippen LogP contribution in [0, 0.1) is 0 Å². The molecule has 0 atom stereocenters. The first-order valence-electron chi connectivity index (χ1n) is 5.21. The number of halogens is 6. The zero-order chi connectivity index (χ0) is 19.0. The van der Waals surface area contributed by atoms with Gasteiger partial charge in [-0.15, -0.1) is 0 Å². The number of hydrogen-bond donors (Lipinski definition) is 0. The first-order valence-corrected chi connectivity index (χ1v) is 8.03. The Kier molecular flexibility index (Phi) is 5.10. The van der Waals surface area contributed by atoms with Crippen molar-refractivity contribution in [2.24, 2.45) is 0 Å². The molecule has 0 N–H and O–H groups in total. The molecule has 0 amide bonds. The summed E-state index contributed by atoms with van der Waals surface area (Å²) < 4.78 is 123. The first kappa shape index (κ1) is 20.0. The smallest absolute Gasteiger partial charge is 0.376 e. The first-order chi connectivity index (χ1) is 10.6. The van der Waals surface area contributed by atoms with Crippen LogP contribution in [0.3, 0.4) is 0 Å². The lowest BCUT2D eigenvalue weighted by atomic mass is 10.2. The Morgan fingerprint density at radius 3 is 1.71 bits per heavy atom. The average Bonchev–Trinajstić information content (AvgIpc) is 2.35. The molecular formula is C9H4F6O7S2. The monoisotopic (exact) mass is 402 g/mol. The van der Waals surface area contributed by atoms with E-state index in [4.69, 9.17) is 0 Å². The number of benzene rings is 1. The molecule has 0 fully saturated rings. The van der Waals surface area contributed by atoms with Gasteiger partial charge in [-0.05, 0) is 12.1 Å². The molecule has 0 bridgehead atoms. The minimum absolute atomic E-state index is 0.0658. The third-order valence-corrected chi connectivity index (χ3v) is 4.03. The summed E-state index contributed by atoms with van der Waals surface area (Å²) in [6.45, 7) is 0. The highest BCUT2D eigenvalue weighted by Crippen LogP contribution is 2.33. The fourth-order valence-electron chi connectivity index (χ4n) is 1.08. The number of hydrogen-bond acceptors (Lipinski definition) is 7. The van der Waals surface area contributed by atoms with Crippen LogP contribution in [-0.2, 0) is 20.2 Å². The highest BCUT2D eigenvalue weighted by molar-refractivity contribution is 7.88. The van der Waals surface area contributed by atoms with Crippen molar-refractivity contribution in [3.05, 3.63) is 23.8 Å². The number of alkyl halides is 6. The number of carbonyl (C=O) groups is 1. The maximum absolute atomic E-state index is 12.2. The Bertz CT molecular complexity index is 838. The van der Waals surface area contributed by atoms with Gasteiger partial charge in [0.1, 0.15) is 5.75 Å². The van der Waals surface area contributed by atoms with Crippen LogP contribution in [0.15, 0.2) is 18.2 Å². The molecule has 0 heterocycles. The van der Waals surface area contributed by atoms with E-state index in [0.29, 0.717) is 12.1 Å². The molecule has 7 nitrogen and oxygen atoms in total. The van der Waals surface area contributed by atoms with Crippen LogP contribution in [-0.4, -0.2) is 34.1 Å². The Labute approximate surface area is 130 Å². The molecule has 0 aliphatic rings. The van der Waals surface area contributed by atoms with Gasteiger partial charge in [0, 0.05) is 6.07 Å². The summed E-state index contributed by atoms with van der Waals surface area (Å²) in [7, 11) is -12.4. The van der Waals surface area contributed by atoms with Crippen LogP contribution >= 0.6 is 0 Å². The predicted molar refractivity (Wildman–Crippen MR) is 63.0 cm³/mol. The summed E-state index contributed by atoms with van der Waals surface area (Å²) in [5, 5.41) is 0. The second-order valence-corrected chi connectivity index (χ2v) is 6.86.